The number of benzene rings is 1. The van der Waals surface area contributed by atoms with E-state index in [0.717, 1.165) is 0 Å². The average molecular weight is 400 g/mol. The summed E-state index contributed by atoms with van der Waals surface area (Å²) in [6, 6.07) is 4.11. The minimum atomic E-state index is -3.89. The normalized spacial score (nSPS) is 16.2. The average Bonchev–Trinajstić information content (AvgIpc) is 3.17. The third-order valence-electron chi connectivity index (χ3n) is 3.87. The van der Waals surface area contributed by atoms with Gasteiger partial charge < -0.3 is 4.74 Å². The van der Waals surface area contributed by atoms with Gasteiger partial charge in [-0.05, 0) is 53.8 Å². The van der Waals surface area contributed by atoms with Crippen molar-refractivity contribution >= 4 is 21.7 Å². The summed E-state index contributed by atoms with van der Waals surface area (Å²) in [5.41, 5.74) is 1.70. The third-order valence-corrected chi connectivity index (χ3v) is 4.59. The van der Waals surface area contributed by atoms with E-state index in [2.05, 4.69) is 24.7 Å². The molecule has 0 aliphatic heterocycles. The lowest BCUT2D eigenvalue weighted by molar-refractivity contribution is 0.230. The molecule has 3 rings (SSSR count). The first kappa shape index (κ1) is 19.2. The minimum absolute atomic E-state index is 0.0501. The molecule has 0 unspecified atom stereocenters. The lowest BCUT2D eigenvalue weighted by Crippen LogP contribution is -2.44. The molecule has 27 heavy (non-hydrogen) atoms. The fourth-order valence-corrected chi connectivity index (χ4v) is 3.18. The number of hydroxylamine groups is 1. The van der Waals surface area contributed by atoms with Crippen LogP contribution in [0, 0.1) is 12.7 Å². The van der Waals surface area contributed by atoms with E-state index in [1.807, 2.05) is 5.48 Å². The van der Waals surface area contributed by atoms with Crippen molar-refractivity contribution in [3.05, 3.63) is 35.3 Å². The van der Waals surface area contributed by atoms with Crippen LogP contribution in [-0.2, 0) is 10.2 Å². The largest absolute Gasteiger partial charge is 0.472 e. The van der Waals surface area contributed by atoms with Crippen LogP contribution in [0.4, 0.5) is 10.1 Å². The van der Waals surface area contributed by atoms with Gasteiger partial charge >= 0.3 is 0 Å². The highest BCUT2D eigenvalue weighted by Crippen LogP contribution is 2.36. The van der Waals surface area contributed by atoms with Crippen molar-refractivity contribution < 1.29 is 27.4 Å². The monoisotopic (exact) mass is 400 g/mol. The van der Waals surface area contributed by atoms with Crippen molar-refractivity contribution in [1.29, 1.82) is 0 Å². The van der Waals surface area contributed by atoms with E-state index in [0.29, 0.717) is 24.1 Å². The molecule has 146 valence electrons. The molecule has 1 aromatic heterocycles. The topological polar surface area (TPSA) is 165 Å². The number of nitrogens with one attached hydrogen (secondary N) is 2. The van der Waals surface area contributed by atoms with E-state index in [-0.39, 0.29) is 24.0 Å². The van der Waals surface area contributed by atoms with Gasteiger partial charge in [-0.25, -0.2) is 19.2 Å². The third kappa shape index (κ3) is 4.77. The first-order valence-corrected chi connectivity index (χ1v) is 9.28. The van der Waals surface area contributed by atoms with Crippen LogP contribution in [0.3, 0.4) is 0 Å². The fourth-order valence-electron chi connectivity index (χ4n) is 2.31. The maximum Gasteiger partial charge on any atom is 0.287 e. The van der Waals surface area contributed by atoms with E-state index < -0.39 is 21.6 Å². The Kier molecular flexibility index (Phi) is 5.10. The van der Waals surface area contributed by atoms with Crippen molar-refractivity contribution in [3.63, 3.8) is 0 Å². The van der Waals surface area contributed by atoms with Crippen LogP contribution in [0.15, 0.2) is 27.8 Å². The smallest absolute Gasteiger partial charge is 0.287 e. The molecule has 1 aliphatic carbocycles. The molecule has 0 bridgehead atoms. The fraction of sp³-hybridized carbons (Fsp3) is 0.357. The van der Waals surface area contributed by atoms with Gasteiger partial charge in [-0.2, -0.15) is 13.1 Å². The number of halogens is 1. The first-order chi connectivity index (χ1) is 12.7. The quantitative estimate of drug-likeness (QED) is 0.292. The standard InChI is InChI=1S/C14H17FN6O5S/c1-8-6-9(2-3-10(8)15)17-12(18-22)11-13(20-26-19-11)25-7-14(4-5-14)21-27(16,23)24/h2-3,6,21-22H,4-5,7H2,1H3,(H,17,18)(H2,16,23,24). The van der Waals surface area contributed by atoms with Crippen molar-refractivity contribution in [2.75, 3.05) is 6.61 Å². The summed E-state index contributed by atoms with van der Waals surface area (Å²) in [5, 5.41) is 21.6. The van der Waals surface area contributed by atoms with Gasteiger partial charge in [0.05, 0.1) is 11.2 Å². The highest BCUT2D eigenvalue weighted by molar-refractivity contribution is 7.87. The Bertz CT molecular complexity index is 972. The molecule has 1 heterocycles. The Hall–Kier alpha value is -2.61. The van der Waals surface area contributed by atoms with E-state index in [1.54, 1.807) is 6.92 Å². The van der Waals surface area contributed by atoms with Gasteiger partial charge in [0, 0.05) is 0 Å². The Morgan fingerprint density at radius 2 is 2.22 bits per heavy atom. The predicted octanol–water partition coefficient (Wildman–Crippen LogP) is 0.279. The summed E-state index contributed by atoms with van der Waals surface area (Å²) < 4.78 is 48.1. The lowest BCUT2D eigenvalue weighted by Gasteiger charge is -2.15. The predicted molar refractivity (Wildman–Crippen MR) is 90.3 cm³/mol. The van der Waals surface area contributed by atoms with Crippen molar-refractivity contribution in [2.45, 2.75) is 25.3 Å². The molecule has 0 radical (unpaired) electrons. The van der Waals surface area contributed by atoms with E-state index in [4.69, 9.17) is 9.88 Å². The summed E-state index contributed by atoms with van der Waals surface area (Å²) >= 11 is 0. The van der Waals surface area contributed by atoms with Crippen LogP contribution < -0.4 is 20.1 Å². The van der Waals surface area contributed by atoms with Gasteiger partial charge in [0.2, 0.25) is 5.69 Å². The molecule has 2 aromatic rings. The zero-order valence-corrected chi connectivity index (χ0v) is 15.0. The van der Waals surface area contributed by atoms with E-state index in [9.17, 15) is 18.0 Å². The van der Waals surface area contributed by atoms with Crippen LogP contribution in [0.25, 0.3) is 0 Å². The highest BCUT2D eigenvalue weighted by Gasteiger charge is 2.46. The molecule has 1 fully saturated rings. The SMILES string of the molecule is Cc1cc(N=C(NO)c2nonc2OCC2(NS(N)(=O)=O)CC2)ccc1F. The van der Waals surface area contributed by atoms with Crippen LogP contribution in [-0.4, -0.2) is 41.9 Å². The maximum absolute atomic E-state index is 13.4. The number of hydrogen-bond acceptors (Lipinski definition) is 8. The number of rotatable bonds is 7. The number of hydrogen-bond donors (Lipinski definition) is 4. The lowest BCUT2D eigenvalue weighted by atomic mass is 10.2. The molecule has 1 aliphatic rings. The molecule has 0 saturated heterocycles. The number of aromatic nitrogens is 2. The first-order valence-electron chi connectivity index (χ1n) is 7.74. The van der Waals surface area contributed by atoms with Crippen LogP contribution in [0.2, 0.25) is 0 Å². The number of amidine groups is 1. The molecule has 13 heteroatoms. The molecule has 5 N–H and O–H groups in total. The second-order valence-corrected chi connectivity index (χ2v) is 7.43. The summed E-state index contributed by atoms with van der Waals surface area (Å²) in [6.07, 6.45) is 1.08. The van der Waals surface area contributed by atoms with Crippen LogP contribution >= 0.6 is 0 Å². The Labute approximate surface area is 153 Å². The van der Waals surface area contributed by atoms with Gasteiger partial charge in [0.15, 0.2) is 5.84 Å². The van der Waals surface area contributed by atoms with Gasteiger partial charge in [-0.15, -0.1) is 0 Å². The molecular weight excluding hydrogens is 383 g/mol. The van der Waals surface area contributed by atoms with E-state index >= 15 is 0 Å². The Balaban J connectivity index is 1.78. The van der Waals surface area contributed by atoms with Crippen molar-refractivity contribution in [3.8, 4) is 5.88 Å². The van der Waals surface area contributed by atoms with Gasteiger partial charge in [0.25, 0.3) is 16.1 Å². The zero-order valence-electron chi connectivity index (χ0n) is 14.1. The second-order valence-electron chi connectivity index (χ2n) is 6.14. The van der Waals surface area contributed by atoms with E-state index in [1.165, 1.54) is 18.2 Å². The molecular formula is C14H17FN6O5S. The molecule has 0 spiro atoms. The molecule has 11 nitrogen and oxygen atoms in total. The van der Waals surface area contributed by atoms with Crippen molar-refractivity contribution in [2.24, 2.45) is 10.1 Å². The summed E-state index contributed by atoms with van der Waals surface area (Å²) in [7, 11) is -3.89. The minimum Gasteiger partial charge on any atom is -0.472 e. The number of aryl methyl sites for hydroxylation is 1. The van der Waals surface area contributed by atoms with Gasteiger partial charge in [0.1, 0.15) is 12.4 Å². The zero-order chi connectivity index (χ0) is 19.7. The molecule has 1 saturated carbocycles. The second kappa shape index (κ2) is 7.19. The number of nitrogens with zero attached hydrogens (tertiary/aromatic N) is 3. The molecule has 0 atom stereocenters. The number of aliphatic imine (C=N–C) groups is 1. The summed E-state index contributed by atoms with van der Waals surface area (Å²) in [6.45, 7) is 1.50. The van der Waals surface area contributed by atoms with Crippen LogP contribution in [0.1, 0.15) is 24.1 Å². The summed E-state index contributed by atoms with van der Waals surface area (Å²) in [4.78, 5) is 4.12. The molecule has 0 amide bonds. The maximum atomic E-state index is 13.4. The number of ether oxygens (including phenoxy) is 1. The Morgan fingerprint density at radius 1 is 1.48 bits per heavy atom. The summed E-state index contributed by atoms with van der Waals surface area (Å²) in [5.74, 6) is -0.658. The van der Waals surface area contributed by atoms with Crippen LogP contribution in [0.5, 0.6) is 5.88 Å². The highest BCUT2D eigenvalue weighted by atomic mass is 32.2. The number of nitrogens with two attached hydrogens (primary N) is 1. The van der Waals surface area contributed by atoms with Crippen molar-refractivity contribution in [1.82, 2.24) is 20.5 Å². The van der Waals surface area contributed by atoms with Gasteiger partial charge in [-0.1, -0.05) is 0 Å². The van der Waals surface area contributed by atoms with Gasteiger partial charge in [-0.3, -0.25) is 10.7 Å². The molecule has 1 aromatic carbocycles. The Morgan fingerprint density at radius 3 is 2.81 bits per heavy atom.